The largest absolute Gasteiger partial charge is 0.330 e. The first-order valence-electron chi connectivity index (χ1n) is 8.25. The van der Waals surface area contributed by atoms with Crippen molar-refractivity contribution in [3.8, 4) is 0 Å². The Labute approximate surface area is 145 Å². The second kappa shape index (κ2) is 6.20. The number of pyridine rings is 1. The van der Waals surface area contributed by atoms with Crippen molar-refractivity contribution in [2.24, 2.45) is 5.41 Å². The molecule has 5 nitrogen and oxygen atoms in total. The summed E-state index contributed by atoms with van der Waals surface area (Å²) in [5.41, 5.74) is 2.29. The predicted octanol–water partition coefficient (Wildman–Crippen LogP) is 3.38. The zero-order valence-electron chi connectivity index (χ0n) is 14.8. The molecule has 0 bridgehead atoms. The highest BCUT2D eigenvalue weighted by molar-refractivity contribution is 5.97. The van der Waals surface area contributed by atoms with Crippen LogP contribution in [0.4, 0.5) is 8.78 Å². The van der Waals surface area contributed by atoms with E-state index >= 15 is 0 Å². The monoisotopic (exact) mass is 348 g/mol. The number of rotatable bonds is 4. The van der Waals surface area contributed by atoms with E-state index in [0.717, 1.165) is 5.56 Å². The van der Waals surface area contributed by atoms with Crippen LogP contribution in [-0.2, 0) is 6.54 Å². The van der Waals surface area contributed by atoms with Crippen LogP contribution in [0.15, 0.2) is 24.5 Å². The maximum atomic E-state index is 13.1. The van der Waals surface area contributed by atoms with Gasteiger partial charge < -0.3 is 4.90 Å². The highest BCUT2D eigenvalue weighted by Gasteiger charge is 2.49. The smallest absolute Gasteiger partial charge is 0.258 e. The summed E-state index contributed by atoms with van der Waals surface area (Å²) in [6.45, 7) is 7.66. The van der Waals surface area contributed by atoms with Gasteiger partial charge in [-0.15, -0.1) is 0 Å². The number of hydrogen-bond donors (Lipinski definition) is 0. The number of hydrogen-bond acceptors (Lipinski definition) is 3. The molecular weight excluding hydrogens is 326 g/mol. The fraction of sp³-hybridized carbons (Fsp3) is 0.500. The van der Waals surface area contributed by atoms with E-state index in [-0.39, 0.29) is 17.4 Å². The molecule has 2 aromatic rings. The maximum absolute atomic E-state index is 13.1. The molecule has 1 fully saturated rings. The van der Waals surface area contributed by atoms with Gasteiger partial charge in [0.15, 0.2) is 0 Å². The molecule has 0 aromatic carbocycles. The van der Waals surface area contributed by atoms with Gasteiger partial charge in [-0.05, 0) is 25.5 Å². The second-order valence-corrected chi connectivity index (χ2v) is 7.23. The standard InChI is InChI=1S/C18H22F2N4O/c1-11-15(12(2)24(22-11)9-14(19)20)17(25)23-10-18(3,4)16(23)13-6-5-7-21-8-13/h5-8,14,16H,9-10H2,1-4H3. The molecule has 1 saturated heterocycles. The van der Waals surface area contributed by atoms with E-state index in [0.29, 0.717) is 23.5 Å². The average molecular weight is 348 g/mol. The van der Waals surface area contributed by atoms with Gasteiger partial charge in [-0.2, -0.15) is 5.10 Å². The molecular formula is C18H22F2N4O. The Morgan fingerprint density at radius 2 is 2.12 bits per heavy atom. The van der Waals surface area contributed by atoms with Crippen LogP contribution < -0.4 is 0 Å². The van der Waals surface area contributed by atoms with Crippen LogP contribution in [0.1, 0.15) is 47.2 Å². The Bertz CT molecular complexity index is 786. The lowest BCUT2D eigenvalue weighted by Crippen LogP contribution is -2.58. The van der Waals surface area contributed by atoms with Crippen LogP contribution in [0, 0.1) is 19.3 Å². The molecule has 1 unspecified atom stereocenters. The van der Waals surface area contributed by atoms with Gasteiger partial charge in [0.25, 0.3) is 12.3 Å². The van der Waals surface area contributed by atoms with E-state index in [1.807, 2.05) is 12.1 Å². The van der Waals surface area contributed by atoms with Crippen molar-refractivity contribution in [1.29, 1.82) is 0 Å². The number of nitrogens with zero attached hydrogens (tertiary/aromatic N) is 4. The Morgan fingerprint density at radius 3 is 2.68 bits per heavy atom. The minimum atomic E-state index is -2.51. The van der Waals surface area contributed by atoms with Crippen molar-refractivity contribution in [1.82, 2.24) is 19.7 Å². The maximum Gasteiger partial charge on any atom is 0.258 e. The normalized spacial score (nSPS) is 19.2. The summed E-state index contributed by atoms with van der Waals surface area (Å²) in [4.78, 5) is 19.0. The number of halogens is 2. The zero-order chi connectivity index (χ0) is 18.4. The van der Waals surface area contributed by atoms with E-state index in [4.69, 9.17) is 0 Å². The molecule has 1 amide bonds. The van der Waals surface area contributed by atoms with Crippen LogP contribution in [-0.4, -0.2) is 38.5 Å². The van der Waals surface area contributed by atoms with Crippen molar-refractivity contribution in [2.75, 3.05) is 6.54 Å². The third-order valence-corrected chi connectivity index (χ3v) is 4.80. The fourth-order valence-electron chi connectivity index (χ4n) is 3.74. The molecule has 0 radical (unpaired) electrons. The van der Waals surface area contributed by atoms with E-state index in [9.17, 15) is 13.6 Å². The van der Waals surface area contributed by atoms with E-state index in [2.05, 4.69) is 23.9 Å². The first kappa shape index (κ1) is 17.5. The lowest BCUT2D eigenvalue weighted by Gasteiger charge is -2.54. The van der Waals surface area contributed by atoms with E-state index < -0.39 is 13.0 Å². The van der Waals surface area contributed by atoms with Crippen LogP contribution in [0.3, 0.4) is 0 Å². The molecule has 1 aliphatic rings. The molecule has 0 saturated carbocycles. The SMILES string of the molecule is Cc1nn(CC(F)F)c(C)c1C(=O)N1CC(C)(C)C1c1cccnc1. The topological polar surface area (TPSA) is 51.0 Å². The lowest BCUT2D eigenvalue weighted by atomic mass is 9.71. The molecule has 0 spiro atoms. The van der Waals surface area contributed by atoms with Crippen molar-refractivity contribution in [2.45, 2.75) is 46.7 Å². The summed E-state index contributed by atoms with van der Waals surface area (Å²) in [6, 6.07) is 3.72. The first-order valence-corrected chi connectivity index (χ1v) is 8.25. The third-order valence-electron chi connectivity index (χ3n) is 4.80. The Kier molecular flexibility index (Phi) is 4.34. The summed E-state index contributed by atoms with van der Waals surface area (Å²) >= 11 is 0. The molecule has 1 aliphatic heterocycles. The summed E-state index contributed by atoms with van der Waals surface area (Å²) in [5, 5.41) is 4.12. The molecule has 7 heteroatoms. The van der Waals surface area contributed by atoms with Gasteiger partial charge in [0.2, 0.25) is 0 Å². The molecule has 0 N–H and O–H groups in total. The molecule has 1 atom stereocenters. The molecule has 134 valence electrons. The Balaban J connectivity index is 1.92. The van der Waals surface area contributed by atoms with Crippen LogP contribution >= 0.6 is 0 Å². The van der Waals surface area contributed by atoms with E-state index in [1.54, 1.807) is 31.1 Å². The molecule has 3 rings (SSSR count). The summed E-state index contributed by atoms with van der Waals surface area (Å²) < 4.78 is 26.6. The molecule has 3 heterocycles. The quantitative estimate of drug-likeness (QED) is 0.851. The fourth-order valence-corrected chi connectivity index (χ4v) is 3.74. The van der Waals surface area contributed by atoms with Gasteiger partial charge in [0.1, 0.15) is 6.54 Å². The summed E-state index contributed by atoms with van der Waals surface area (Å²) in [6.07, 6.45) is 0.961. The van der Waals surface area contributed by atoms with Gasteiger partial charge >= 0.3 is 0 Å². The summed E-state index contributed by atoms with van der Waals surface area (Å²) in [7, 11) is 0. The number of alkyl halides is 2. The van der Waals surface area contributed by atoms with Gasteiger partial charge in [-0.25, -0.2) is 8.78 Å². The van der Waals surface area contributed by atoms with Gasteiger partial charge in [-0.1, -0.05) is 19.9 Å². The van der Waals surface area contributed by atoms with Crippen LogP contribution in [0.2, 0.25) is 0 Å². The Morgan fingerprint density at radius 1 is 1.40 bits per heavy atom. The summed E-state index contributed by atoms with van der Waals surface area (Å²) in [5.74, 6) is -0.163. The lowest BCUT2D eigenvalue weighted by molar-refractivity contribution is -0.0325. The highest BCUT2D eigenvalue weighted by atomic mass is 19.3. The number of aromatic nitrogens is 3. The molecule has 2 aromatic heterocycles. The molecule has 25 heavy (non-hydrogen) atoms. The van der Waals surface area contributed by atoms with Crippen LogP contribution in [0.5, 0.6) is 0 Å². The minimum absolute atomic E-state index is 0.0700. The van der Waals surface area contributed by atoms with Gasteiger partial charge in [0, 0.05) is 30.0 Å². The predicted molar refractivity (Wildman–Crippen MR) is 89.5 cm³/mol. The number of amides is 1. The zero-order valence-corrected chi connectivity index (χ0v) is 14.8. The number of aryl methyl sites for hydroxylation is 1. The number of likely N-dealkylation sites (tertiary alicyclic amines) is 1. The first-order chi connectivity index (χ1) is 11.7. The minimum Gasteiger partial charge on any atom is -0.330 e. The van der Waals surface area contributed by atoms with Crippen LogP contribution in [0.25, 0.3) is 0 Å². The highest BCUT2D eigenvalue weighted by Crippen LogP contribution is 2.48. The third kappa shape index (κ3) is 3.03. The van der Waals surface area contributed by atoms with Crippen molar-refractivity contribution in [3.05, 3.63) is 47.0 Å². The van der Waals surface area contributed by atoms with Gasteiger partial charge in [-0.3, -0.25) is 14.5 Å². The van der Waals surface area contributed by atoms with Crippen molar-refractivity contribution < 1.29 is 13.6 Å². The number of carbonyl (C=O) groups excluding carboxylic acids is 1. The average Bonchev–Trinajstić information content (AvgIpc) is 2.79. The van der Waals surface area contributed by atoms with E-state index in [1.165, 1.54) is 4.68 Å². The van der Waals surface area contributed by atoms with Crippen molar-refractivity contribution >= 4 is 5.91 Å². The molecule has 0 aliphatic carbocycles. The van der Waals surface area contributed by atoms with Crippen molar-refractivity contribution in [3.63, 3.8) is 0 Å². The Hall–Kier alpha value is -2.31. The second-order valence-electron chi connectivity index (χ2n) is 7.23. The van der Waals surface area contributed by atoms with Gasteiger partial charge in [0.05, 0.1) is 17.3 Å². The number of carbonyl (C=O) groups is 1.